The SMILES string of the molecule is CC/C=C\C/C=C\C/C=C\C/C=C\CCCCCCC(=O)OC(COCCCCCCCCCCCCCCCCCCC)COP(=O)(O)OCCN. The number of phosphoric acid groups is 1. The van der Waals surface area contributed by atoms with Crippen molar-refractivity contribution in [3.63, 3.8) is 0 Å². The maximum atomic E-state index is 12.6. The van der Waals surface area contributed by atoms with Crippen LogP contribution < -0.4 is 5.73 Å². The molecule has 0 aliphatic carbocycles. The van der Waals surface area contributed by atoms with Gasteiger partial charge in [0.15, 0.2) is 0 Å². The Morgan fingerprint density at radius 2 is 1.06 bits per heavy atom. The molecule has 0 fully saturated rings. The maximum Gasteiger partial charge on any atom is 0.472 e. The van der Waals surface area contributed by atoms with Crippen molar-refractivity contribution in [2.45, 2.75) is 193 Å². The van der Waals surface area contributed by atoms with Gasteiger partial charge in [-0.1, -0.05) is 178 Å². The number of nitrogens with two attached hydrogens (primary N) is 1. The molecule has 0 spiro atoms. The normalized spacial score (nSPS) is 14.0. The molecule has 0 saturated carbocycles. The van der Waals surface area contributed by atoms with Gasteiger partial charge >= 0.3 is 13.8 Å². The molecule has 0 aromatic carbocycles. The molecule has 8 nitrogen and oxygen atoms in total. The summed E-state index contributed by atoms with van der Waals surface area (Å²) in [6.45, 7) is 4.79. The van der Waals surface area contributed by atoms with E-state index in [9.17, 15) is 14.3 Å². The van der Waals surface area contributed by atoms with E-state index in [1.54, 1.807) is 0 Å². The molecule has 2 atom stereocenters. The predicted molar refractivity (Wildman–Crippen MR) is 224 cm³/mol. The van der Waals surface area contributed by atoms with Crippen LogP contribution in [0.15, 0.2) is 48.6 Å². The van der Waals surface area contributed by atoms with Gasteiger partial charge in [0.05, 0.1) is 19.8 Å². The number of allylic oxidation sites excluding steroid dienone is 8. The van der Waals surface area contributed by atoms with Crippen LogP contribution in [0.3, 0.4) is 0 Å². The standard InChI is InChI=1S/C44H82NO7P/c1-3-5-7-9-11-13-15-17-19-21-23-25-27-29-31-33-35-37-44(46)52-43(42-51-53(47,48)50-40-38-45)41-49-39-36-34-32-30-28-26-24-22-20-18-16-14-12-10-8-6-4-2/h5,7,11,13,17,19,23,25,43H,3-4,6,8-10,12,14-16,18,20-22,24,26-42,45H2,1-2H3,(H,47,48)/b7-5-,13-11-,19-17-,25-23-. The Labute approximate surface area is 326 Å². The molecule has 310 valence electrons. The van der Waals surface area contributed by atoms with Crippen molar-refractivity contribution >= 4 is 13.8 Å². The zero-order valence-electron chi connectivity index (χ0n) is 34.2. The molecule has 0 aliphatic heterocycles. The summed E-state index contributed by atoms with van der Waals surface area (Å²) in [6.07, 6.45) is 48.4. The summed E-state index contributed by atoms with van der Waals surface area (Å²) < 4.78 is 33.4. The lowest BCUT2D eigenvalue weighted by Gasteiger charge is -2.20. The minimum absolute atomic E-state index is 0.0955. The van der Waals surface area contributed by atoms with Crippen molar-refractivity contribution < 1.29 is 32.8 Å². The van der Waals surface area contributed by atoms with Crippen LogP contribution in [-0.2, 0) is 27.9 Å². The van der Waals surface area contributed by atoms with Crippen LogP contribution in [-0.4, -0.2) is 49.9 Å². The number of carbonyl (C=O) groups excluding carboxylic acids is 1. The van der Waals surface area contributed by atoms with Crippen LogP contribution in [0.1, 0.15) is 187 Å². The number of phosphoric ester groups is 1. The van der Waals surface area contributed by atoms with Gasteiger partial charge in [0.1, 0.15) is 6.10 Å². The molecular weight excluding hydrogens is 685 g/mol. The molecule has 0 amide bonds. The molecule has 0 aromatic heterocycles. The van der Waals surface area contributed by atoms with E-state index in [0.717, 1.165) is 70.6 Å². The van der Waals surface area contributed by atoms with E-state index in [2.05, 4.69) is 62.5 Å². The van der Waals surface area contributed by atoms with Crippen molar-refractivity contribution in [1.82, 2.24) is 0 Å². The fourth-order valence-corrected chi connectivity index (χ4v) is 6.64. The second-order valence-electron chi connectivity index (χ2n) is 14.2. The molecule has 0 saturated heterocycles. The highest BCUT2D eigenvalue weighted by Gasteiger charge is 2.25. The zero-order chi connectivity index (χ0) is 38.8. The highest BCUT2D eigenvalue weighted by Crippen LogP contribution is 2.43. The Kier molecular flexibility index (Phi) is 40.4. The molecule has 0 aliphatic rings. The fraction of sp³-hybridized carbons (Fsp3) is 0.795. The van der Waals surface area contributed by atoms with Gasteiger partial charge in [0, 0.05) is 19.6 Å². The highest BCUT2D eigenvalue weighted by molar-refractivity contribution is 7.47. The fourth-order valence-electron chi connectivity index (χ4n) is 5.87. The molecule has 53 heavy (non-hydrogen) atoms. The van der Waals surface area contributed by atoms with Gasteiger partial charge in [-0.3, -0.25) is 13.8 Å². The Hall–Kier alpha value is -1.54. The monoisotopic (exact) mass is 768 g/mol. The van der Waals surface area contributed by atoms with Crippen molar-refractivity contribution in [3.05, 3.63) is 48.6 Å². The number of unbranched alkanes of at least 4 members (excludes halogenated alkanes) is 20. The minimum Gasteiger partial charge on any atom is -0.457 e. The number of hydrogen-bond acceptors (Lipinski definition) is 7. The van der Waals surface area contributed by atoms with E-state index in [0.29, 0.717) is 13.0 Å². The average molecular weight is 768 g/mol. The molecule has 9 heteroatoms. The molecular formula is C44H82NO7P. The van der Waals surface area contributed by atoms with E-state index in [1.807, 2.05) is 0 Å². The highest BCUT2D eigenvalue weighted by atomic mass is 31.2. The number of esters is 1. The molecule has 0 bridgehead atoms. The Morgan fingerprint density at radius 3 is 1.58 bits per heavy atom. The molecule has 2 unspecified atom stereocenters. The first-order chi connectivity index (χ1) is 25.9. The maximum absolute atomic E-state index is 12.6. The molecule has 0 aromatic rings. The number of ether oxygens (including phenoxy) is 2. The Bertz CT molecular complexity index is 952. The first-order valence-electron chi connectivity index (χ1n) is 21.6. The second-order valence-corrected chi connectivity index (χ2v) is 15.6. The van der Waals surface area contributed by atoms with Gasteiger partial charge in [-0.15, -0.1) is 0 Å². The van der Waals surface area contributed by atoms with E-state index in [-0.39, 0.29) is 32.3 Å². The lowest BCUT2D eigenvalue weighted by molar-refractivity contribution is -0.154. The summed E-state index contributed by atoms with van der Waals surface area (Å²) in [5.41, 5.74) is 5.37. The first kappa shape index (κ1) is 51.5. The van der Waals surface area contributed by atoms with Gasteiger partial charge in [-0.2, -0.15) is 0 Å². The van der Waals surface area contributed by atoms with E-state index < -0.39 is 13.9 Å². The zero-order valence-corrected chi connectivity index (χ0v) is 35.1. The summed E-state index contributed by atoms with van der Waals surface area (Å²) in [6, 6.07) is 0. The van der Waals surface area contributed by atoms with Gasteiger partial charge in [0.2, 0.25) is 0 Å². The largest absolute Gasteiger partial charge is 0.472 e. The van der Waals surface area contributed by atoms with Crippen molar-refractivity contribution in [2.75, 3.05) is 33.0 Å². The van der Waals surface area contributed by atoms with E-state index in [1.165, 1.54) is 96.3 Å². The van der Waals surface area contributed by atoms with Crippen molar-refractivity contribution in [1.29, 1.82) is 0 Å². The van der Waals surface area contributed by atoms with Crippen molar-refractivity contribution in [2.24, 2.45) is 5.73 Å². The summed E-state index contributed by atoms with van der Waals surface area (Å²) >= 11 is 0. The minimum atomic E-state index is -4.28. The van der Waals surface area contributed by atoms with Gasteiger partial charge in [-0.05, 0) is 51.4 Å². The van der Waals surface area contributed by atoms with Crippen LogP contribution in [0.2, 0.25) is 0 Å². The summed E-state index contributed by atoms with van der Waals surface area (Å²) in [5.74, 6) is -0.352. The third-order valence-electron chi connectivity index (χ3n) is 9.01. The average Bonchev–Trinajstić information content (AvgIpc) is 3.15. The third kappa shape index (κ3) is 41.5. The van der Waals surface area contributed by atoms with Crippen LogP contribution >= 0.6 is 7.82 Å². The van der Waals surface area contributed by atoms with E-state index in [4.69, 9.17) is 24.3 Å². The molecule has 0 heterocycles. The Morgan fingerprint density at radius 1 is 0.585 bits per heavy atom. The van der Waals surface area contributed by atoms with Gasteiger partial charge in [-0.25, -0.2) is 4.57 Å². The summed E-state index contributed by atoms with van der Waals surface area (Å²) in [7, 11) is -4.28. The Balaban J connectivity index is 4.07. The van der Waals surface area contributed by atoms with Gasteiger partial charge < -0.3 is 20.1 Å². The number of rotatable bonds is 41. The third-order valence-corrected chi connectivity index (χ3v) is 9.99. The lowest BCUT2D eigenvalue weighted by atomic mass is 10.0. The lowest BCUT2D eigenvalue weighted by Crippen LogP contribution is -2.28. The topological polar surface area (TPSA) is 117 Å². The van der Waals surface area contributed by atoms with Crippen molar-refractivity contribution in [3.8, 4) is 0 Å². The predicted octanol–water partition coefficient (Wildman–Crippen LogP) is 12.8. The van der Waals surface area contributed by atoms with Crippen LogP contribution in [0.5, 0.6) is 0 Å². The quantitative estimate of drug-likeness (QED) is 0.0273. The van der Waals surface area contributed by atoms with Crippen LogP contribution in [0.4, 0.5) is 0 Å². The van der Waals surface area contributed by atoms with E-state index >= 15 is 0 Å². The number of hydrogen-bond donors (Lipinski definition) is 2. The molecule has 0 radical (unpaired) electrons. The van der Waals surface area contributed by atoms with Crippen LogP contribution in [0, 0.1) is 0 Å². The number of carbonyl (C=O) groups is 1. The van der Waals surface area contributed by atoms with Crippen LogP contribution in [0.25, 0.3) is 0 Å². The summed E-state index contributed by atoms with van der Waals surface area (Å²) in [5, 5.41) is 0. The molecule has 3 N–H and O–H groups in total. The van der Waals surface area contributed by atoms with Gasteiger partial charge in [0.25, 0.3) is 0 Å². The summed E-state index contributed by atoms with van der Waals surface area (Å²) in [4.78, 5) is 22.5. The first-order valence-corrected chi connectivity index (χ1v) is 23.1. The smallest absolute Gasteiger partial charge is 0.457 e. The second kappa shape index (κ2) is 41.6. The molecule has 0 rings (SSSR count).